The first-order valence-corrected chi connectivity index (χ1v) is 5.94. The number of para-hydroxylation sites is 1. The minimum Gasteiger partial charge on any atom is -0.478 e. The van der Waals surface area contributed by atoms with Crippen molar-refractivity contribution in [3.63, 3.8) is 0 Å². The molecule has 3 rings (SSSR count). The molecule has 104 valence electrons. The Morgan fingerprint density at radius 3 is 2.52 bits per heavy atom. The second-order valence-corrected chi connectivity index (χ2v) is 4.28. The predicted octanol–water partition coefficient (Wildman–Crippen LogP) is 3.10. The number of rotatable bonds is 3. The summed E-state index contributed by atoms with van der Waals surface area (Å²) in [6.07, 6.45) is 0. The van der Waals surface area contributed by atoms with E-state index in [4.69, 9.17) is 9.52 Å². The van der Waals surface area contributed by atoms with Gasteiger partial charge in [-0.1, -0.05) is 6.07 Å². The van der Waals surface area contributed by atoms with Crippen LogP contribution in [0.5, 0.6) is 0 Å². The Labute approximate surface area is 117 Å². The van der Waals surface area contributed by atoms with E-state index < -0.39 is 10.9 Å². The summed E-state index contributed by atoms with van der Waals surface area (Å²) in [5, 5.41) is 19.7. The number of nitro groups is 1. The number of aromatic carboxylic acids is 1. The van der Waals surface area contributed by atoms with E-state index >= 15 is 0 Å². The fourth-order valence-electron chi connectivity index (χ4n) is 1.97. The molecule has 2 aromatic carbocycles. The average molecular weight is 284 g/mol. The van der Waals surface area contributed by atoms with Crippen LogP contribution in [0, 0.1) is 10.1 Å². The van der Waals surface area contributed by atoms with E-state index in [1.54, 1.807) is 12.1 Å². The number of carboxylic acid groups (broad SMARTS) is 1. The molecule has 0 bridgehead atoms. The van der Waals surface area contributed by atoms with Gasteiger partial charge in [0.15, 0.2) is 5.58 Å². The fraction of sp³-hybridized carbons (Fsp3) is 0. The van der Waals surface area contributed by atoms with Gasteiger partial charge in [-0.2, -0.15) is 0 Å². The summed E-state index contributed by atoms with van der Waals surface area (Å²) in [5.74, 6) is -0.877. The smallest absolute Gasteiger partial charge is 0.338 e. The third kappa shape index (κ3) is 2.20. The molecule has 1 N–H and O–H groups in total. The van der Waals surface area contributed by atoms with Gasteiger partial charge in [-0.3, -0.25) is 10.1 Å². The van der Waals surface area contributed by atoms with Crippen LogP contribution in [0.4, 0.5) is 5.69 Å². The molecule has 21 heavy (non-hydrogen) atoms. The van der Waals surface area contributed by atoms with Gasteiger partial charge in [0.05, 0.1) is 10.5 Å². The van der Waals surface area contributed by atoms with Crippen molar-refractivity contribution in [2.45, 2.75) is 0 Å². The highest BCUT2D eigenvalue weighted by atomic mass is 16.6. The van der Waals surface area contributed by atoms with Crippen LogP contribution in [0.1, 0.15) is 10.4 Å². The standard InChI is InChI=1S/C14H8N2O5/c17-14(18)10-2-1-3-11-12(10)15-13(21-11)8-4-6-9(7-5-8)16(19)20/h1-7H,(H,17,18). The molecule has 0 aliphatic carbocycles. The largest absolute Gasteiger partial charge is 0.478 e. The number of non-ortho nitro benzene ring substituents is 1. The lowest BCUT2D eigenvalue weighted by Gasteiger charge is -1.94. The quantitative estimate of drug-likeness (QED) is 0.585. The summed E-state index contributed by atoms with van der Waals surface area (Å²) in [4.78, 5) is 25.4. The zero-order valence-corrected chi connectivity index (χ0v) is 10.5. The van der Waals surface area contributed by atoms with Crippen molar-refractivity contribution in [3.8, 4) is 11.5 Å². The molecule has 0 saturated carbocycles. The van der Waals surface area contributed by atoms with Gasteiger partial charge in [0, 0.05) is 17.7 Å². The monoisotopic (exact) mass is 284 g/mol. The third-order valence-electron chi connectivity index (χ3n) is 2.97. The van der Waals surface area contributed by atoms with Crippen molar-refractivity contribution < 1.29 is 19.2 Å². The van der Waals surface area contributed by atoms with Crippen molar-refractivity contribution in [2.75, 3.05) is 0 Å². The Bertz CT molecular complexity index is 851. The molecule has 1 heterocycles. The first-order chi connectivity index (χ1) is 10.1. The van der Waals surface area contributed by atoms with Gasteiger partial charge < -0.3 is 9.52 Å². The number of benzene rings is 2. The number of hydrogen-bond donors (Lipinski definition) is 1. The fourth-order valence-corrected chi connectivity index (χ4v) is 1.97. The van der Waals surface area contributed by atoms with Crippen molar-refractivity contribution in [3.05, 3.63) is 58.1 Å². The first kappa shape index (κ1) is 12.8. The number of carboxylic acids is 1. The van der Waals surface area contributed by atoms with Crippen LogP contribution in [0.2, 0.25) is 0 Å². The zero-order chi connectivity index (χ0) is 15.0. The van der Waals surface area contributed by atoms with Crippen molar-refractivity contribution in [1.29, 1.82) is 0 Å². The van der Waals surface area contributed by atoms with Crippen LogP contribution in [-0.4, -0.2) is 21.0 Å². The van der Waals surface area contributed by atoms with Crippen molar-refractivity contribution in [2.24, 2.45) is 0 Å². The average Bonchev–Trinajstić information content (AvgIpc) is 2.90. The number of aromatic nitrogens is 1. The van der Waals surface area contributed by atoms with Crippen molar-refractivity contribution in [1.82, 2.24) is 4.98 Å². The number of fused-ring (bicyclic) bond motifs is 1. The van der Waals surface area contributed by atoms with Gasteiger partial charge in [0.2, 0.25) is 5.89 Å². The molecule has 0 saturated heterocycles. The molecule has 3 aromatic rings. The lowest BCUT2D eigenvalue weighted by Crippen LogP contribution is -1.96. The topological polar surface area (TPSA) is 106 Å². The molecule has 0 radical (unpaired) electrons. The third-order valence-corrected chi connectivity index (χ3v) is 2.97. The summed E-state index contributed by atoms with van der Waals surface area (Å²) in [6.45, 7) is 0. The highest BCUT2D eigenvalue weighted by Crippen LogP contribution is 2.27. The van der Waals surface area contributed by atoms with Crippen LogP contribution in [0.15, 0.2) is 46.9 Å². The summed E-state index contributed by atoms with van der Waals surface area (Å²) in [7, 11) is 0. The lowest BCUT2D eigenvalue weighted by molar-refractivity contribution is -0.384. The molecule has 7 nitrogen and oxygen atoms in total. The van der Waals surface area contributed by atoms with E-state index in [9.17, 15) is 14.9 Å². The first-order valence-electron chi connectivity index (χ1n) is 5.94. The molecule has 0 atom stereocenters. The van der Waals surface area contributed by atoms with Gasteiger partial charge in [0.1, 0.15) is 5.52 Å². The highest BCUT2D eigenvalue weighted by molar-refractivity contribution is 6.00. The summed E-state index contributed by atoms with van der Waals surface area (Å²) in [6, 6.07) is 10.3. The Hall–Kier alpha value is -3.22. The van der Waals surface area contributed by atoms with Gasteiger partial charge >= 0.3 is 5.97 Å². The van der Waals surface area contributed by atoms with E-state index in [2.05, 4.69) is 4.98 Å². The molecule has 0 spiro atoms. The van der Waals surface area contributed by atoms with Crippen LogP contribution in [0.3, 0.4) is 0 Å². The maximum atomic E-state index is 11.1. The number of nitro benzene ring substituents is 1. The number of carbonyl (C=O) groups is 1. The molecule has 0 unspecified atom stereocenters. The molecule has 0 fully saturated rings. The Balaban J connectivity index is 2.11. The number of oxazole rings is 1. The SMILES string of the molecule is O=C(O)c1cccc2oc(-c3ccc([N+](=O)[O-])cc3)nc12. The predicted molar refractivity (Wildman–Crippen MR) is 73.1 cm³/mol. The van der Waals surface area contributed by atoms with Crippen molar-refractivity contribution >= 4 is 22.8 Å². The molecule has 0 amide bonds. The van der Waals surface area contributed by atoms with E-state index in [0.717, 1.165) is 0 Å². The zero-order valence-electron chi connectivity index (χ0n) is 10.5. The summed E-state index contributed by atoms with van der Waals surface area (Å²) >= 11 is 0. The minimum atomic E-state index is -1.09. The van der Waals surface area contributed by atoms with Crippen LogP contribution < -0.4 is 0 Å². The molecule has 1 aromatic heterocycles. The van der Waals surface area contributed by atoms with E-state index in [-0.39, 0.29) is 22.7 Å². The maximum absolute atomic E-state index is 11.1. The number of hydrogen-bond acceptors (Lipinski definition) is 5. The van der Waals surface area contributed by atoms with Gasteiger partial charge in [0.25, 0.3) is 5.69 Å². The van der Waals surface area contributed by atoms with Gasteiger partial charge in [-0.25, -0.2) is 9.78 Å². The second kappa shape index (κ2) is 4.71. The molecular weight excluding hydrogens is 276 g/mol. The van der Waals surface area contributed by atoms with Crippen LogP contribution in [0.25, 0.3) is 22.6 Å². The molecule has 0 aliphatic heterocycles. The van der Waals surface area contributed by atoms with Gasteiger partial charge in [-0.05, 0) is 24.3 Å². The van der Waals surface area contributed by atoms with E-state index in [0.29, 0.717) is 11.1 Å². The summed E-state index contributed by atoms with van der Waals surface area (Å²) in [5.41, 5.74) is 1.14. The molecule has 7 heteroatoms. The highest BCUT2D eigenvalue weighted by Gasteiger charge is 2.15. The Morgan fingerprint density at radius 1 is 1.19 bits per heavy atom. The number of nitrogens with zero attached hydrogens (tertiary/aromatic N) is 2. The Morgan fingerprint density at radius 2 is 1.90 bits per heavy atom. The molecule has 0 aliphatic rings. The lowest BCUT2D eigenvalue weighted by atomic mass is 10.2. The normalized spacial score (nSPS) is 10.7. The van der Waals surface area contributed by atoms with Crippen LogP contribution in [-0.2, 0) is 0 Å². The Kier molecular flexibility index (Phi) is 2.87. The van der Waals surface area contributed by atoms with Gasteiger partial charge in [-0.15, -0.1) is 0 Å². The van der Waals surface area contributed by atoms with Crippen LogP contribution >= 0.6 is 0 Å². The summed E-state index contributed by atoms with van der Waals surface area (Å²) < 4.78 is 5.50. The molecular formula is C14H8N2O5. The van der Waals surface area contributed by atoms with E-state index in [1.807, 2.05) is 0 Å². The van der Waals surface area contributed by atoms with E-state index in [1.165, 1.54) is 30.3 Å². The minimum absolute atomic E-state index is 0.0407. The maximum Gasteiger partial charge on any atom is 0.338 e. The second-order valence-electron chi connectivity index (χ2n) is 4.28.